The van der Waals surface area contributed by atoms with Crippen LogP contribution in [-0.2, 0) is 19.1 Å². The van der Waals surface area contributed by atoms with Gasteiger partial charge in [-0.25, -0.2) is 9.59 Å². The van der Waals surface area contributed by atoms with Crippen molar-refractivity contribution in [2.24, 2.45) is 0 Å². The number of ether oxygens (including phenoxy) is 2. The number of hydrogen-bond acceptors (Lipinski definition) is 6. The Morgan fingerprint density at radius 3 is 2.54 bits per heavy atom. The molecule has 0 atom stereocenters. The van der Waals surface area contributed by atoms with Crippen molar-refractivity contribution >= 4 is 29.2 Å². The summed E-state index contributed by atoms with van der Waals surface area (Å²) in [6.45, 7) is 2.97. The molecule has 24 heavy (non-hydrogen) atoms. The number of esters is 2. The van der Waals surface area contributed by atoms with Gasteiger partial charge in [0.15, 0.2) is 5.57 Å². The number of hydrogen-bond donors (Lipinski definition) is 2. The van der Waals surface area contributed by atoms with Gasteiger partial charge in [-0.1, -0.05) is 11.6 Å². The normalized spacial score (nSPS) is 16.4. The van der Waals surface area contributed by atoms with Gasteiger partial charge in [0.1, 0.15) is 0 Å². The molecule has 0 radical (unpaired) electrons. The summed E-state index contributed by atoms with van der Waals surface area (Å²) in [6.07, 6.45) is 2.86. The van der Waals surface area contributed by atoms with Crippen molar-refractivity contribution < 1.29 is 19.1 Å². The summed E-state index contributed by atoms with van der Waals surface area (Å²) in [5.41, 5.74) is 1.88. The molecule has 1 aromatic heterocycles. The highest BCUT2D eigenvalue weighted by Gasteiger charge is 2.38. The minimum Gasteiger partial charge on any atom is -0.419 e. The molecule has 1 aliphatic rings. The third-order valence-electron chi connectivity index (χ3n) is 3.26. The standard InChI is InChI=1S/C16H14ClN3O4/c1-16(2)23-14(21)11(15(22)24-16)8-18-13-7-9(17)3-4-10(13)12-5-6-19-20-12/h3-8,18H,1-2H3,(H,19,20). The highest BCUT2D eigenvalue weighted by molar-refractivity contribution is 6.31. The molecule has 0 spiro atoms. The molecule has 0 amide bonds. The minimum atomic E-state index is -1.28. The first-order valence-electron chi connectivity index (χ1n) is 7.08. The number of nitrogens with one attached hydrogen (secondary N) is 2. The lowest BCUT2D eigenvalue weighted by molar-refractivity contribution is -0.222. The Labute approximate surface area is 142 Å². The molecule has 0 saturated carbocycles. The van der Waals surface area contributed by atoms with E-state index in [-0.39, 0.29) is 5.57 Å². The summed E-state index contributed by atoms with van der Waals surface area (Å²) in [7, 11) is 0. The molecule has 0 bridgehead atoms. The van der Waals surface area contributed by atoms with E-state index in [1.165, 1.54) is 20.0 Å². The van der Waals surface area contributed by atoms with E-state index < -0.39 is 17.7 Å². The topological polar surface area (TPSA) is 93.3 Å². The second-order valence-corrected chi connectivity index (χ2v) is 5.98. The van der Waals surface area contributed by atoms with Crippen molar-refractivity contribution in [1.82, 2.24) is 10.2 Å². The second-order valence-electron chi connectivity index (χ2n) is 5.54. The fourth-order valence-electron chi connectivity index (χ4n) is 2.21. The van der Waals surface area contributed by atoms with E-state index in [4.69, 9.17) is 21.1 Å². The smallest absolute Gasteiger partial charge is 0.350 e. The summed E-state index contributed by atoms with van der Waals surface area (Å²) in [4.78, 5) is 23.9. The molecule has 8 heteroatoms. The Balaban J connectivity index is 1.91. The summed E-state index contributed by atoms with van der Waals surface area (Å²) in [6, 6.07) is 6.96. The van der Waals surface area contributed by atoms with Gasteiger partial charge in [-0.15, -0.1) is 0 Å². The molecule has 1 saturated heterocycles. The predicted molar refractivity (Wildman–Crippen MR) is 87.0 cm³/mol. The van der Waals surface area contributed by atoms with Gasteiger partial charge in [0.25, 0.3) is 5.79 Å². The molecule has 7 nitrogen and oxygen atoms in total. The van der Waals surface area contributed by atoms with Gasteiger partial charge in [-0.3, -0.25) is 5.10 Å². The van der Waals surface area contributed by atoms with Crippen LogP contribution in [0.25, 0.3) is 11.3 Å². The van der Waals surface area contributed by atoms with Crippen LogP contribution in [0.4, 0.5) is 5.69 Å². The van der Waals surface area contributed by atoms with E-state index >= 15 is 0 Å². The van der Waals surface area contributed by atoms with Gasteiger partial charge < -0.3 is 14.8 Å². The Morgan fingerprint density at radius 2 is 1.92 bits per heavy atom. The molecule has 2 N–H and O–H groups in total. The van der Waals surface area contributed by atoms with Gasteiger partial charge in [0.2, 0.25) is 0 Å². The fraction of sp³-hybridized carbons (Fsp3) is 0.188. The summed E-state index contributed by atoms with van der Waals surface area (Å²) in [5.74, 6) is -2.79. The number of benzene rings is 1. The van der Waals surface area contributed by atoms with Crippen molar-refractivity contribution in [3.05, 3.63) is 47.3 Å². The summed E-state index contributed by atoms with van der Waals surface area (Å²) >= 11 is 6.02. The van der Waals surface area contributed by atoms with Crippen LogP contribution in [0.15, 0.2) is 42.2 Å². The average molecular weight is 348 g/mol. The van der Waals surface area contributed by atoms with Crippen LogP contribution in [-0.4, -0.2) is 27.9 Å². The maximum absolute atomic E-state index is 11.9. The zero-order valence-electron chi connectivity index (χ0n) is 12.9. The number of carbonyl (C=O) groups is 2. The lowest BCUT2D eigenvalue weighted by Gasteiger charge is -2.29. The largest absolute Gasteiger partial charge is 0.419 e. The quantitative estimate of drug-likeness (QED) is 0.504. The second kappa shape index (κ2) is 6.01. The predicted octanol–water partition coefficient (Wildman–Crippen LogP) is 2.86. The number of halogens is 1. The monoisotopic (exact) mass is 347 g/mol. The Bertz CT molecular complexity index is 806. The van der Waals surface area contributed by atoms with Gasteiger partial charge in [-0.05, 0) is 24.3 Å². The third kappa shape index (κ3) is 3.26. The van der Waals surface area contributed by atoms with Crippen LogP contribution in [0.5, 0.6) is 0 Å². The molecule has 3 rings (SSSR count). The van der Waals surface area contributed by atoms with Crippen molar-refractivity contribution in [2.75, 3.05) is 5.32 Å². The first-order chi connectivity index (χ1) is 11.4. The molecule has 0 unspecified atom stereocenters. The fourth-order valence-corrected chi connectivity index (χ4v) is 2.38. The summed E-state index contributed by atoms with van der Waals surface area (Å²) < 4.78 is 10.1. The van der Waals surface area contributed by atoms with Crippen molar-refractivity contribution in [1.29, 1.82) is 0 Å². The number of anilines is 1. The SMILES string of the molecule is CC1(C)OC(=O)C(=CNc2cc(Cl)ccc2-c2ccn[nH]2)C(=O)O1. The number of H-pyrrole nitrogens is 1. The minimum absolute atomic E-state index is 0.232. The number of rotatable bonds is 3. The molecule has 1 fully saturated rings. The molecule has 2 aromatic rings. The highest BCUT2D eigenvalue weighted by atomic mass is 35.5. The van der Waals surface area contributed by atoms with E-state index in [2.05, 4.69) is 15.5 Å². The zero-order chi connectivity index (χ0) is 17.3. The van der Waals surface area contributed by atoms with Crippen molar-refractivity contribution in [2.45, 2.75) is 19.6 Å². The van der Waals surface area contributed by atoms with E-state index in [0.29, 0.717) is 10.7 Å². The Kier molecular flexibility index (Phi) is 4.02. The van der Waals surface area contributed by atoms with Crippen molar-refractivity contribution in [3.63, 3.8) is 0 Å². The molecular weight excluding hydrogens is 334 g/mol. The highest BCUT2D eigenvalue weighted by Crippen LogP contribution is 2.30. The number of cyclic esters (lactones) is 2. The average Bonchev–Trinajstić information content (AvgIpc) is 2.99. The lowest BCUT2D eigenvalue weighted by Crippen LogP contribution is -2.42. The van der Waals surface area contributed by atoms with E-state index in [0.717, 1.165) is 11.3 Å². The molecule has 2 heterocycles. The number of carbonyl (C=O) groups excluding carboxylic acids is 2. The Morgan fingerprint density at radius 1 is 1.21 bits per heavy atom. The van der Waals surface area contributed by atoms with E-state index in [1.807, 2.05) is 0 Å². The van der Waals surface area contributed by atoms with Crippen LogP contribution in [0.2, 0.25) is 5.02 Å². The first kappa shape index (κ1) is 16.1. The van der Waals surface area contributed by atoms with Gasteiger partial charge in [-0.2, -0.15) is 5.10 Å². The Hall–Kier alpha value is -2.80. The van der Waals surface area contributed by atoms with Crippen molar-refractivity contribution in [3.8, 4) is 11.3 Å². The molecular formula is C16H14ClN3O4. The lowest BCUT2D eigenvalue weighted by atomic mass is 10.1. The third-order valence-corrected chi connectivity index (χ3v) is 3.50. The van der Waals surface area contributed by atoms with Gasteiger partial charge >= 0.3 is 11.9 Å². The number of nitrogens with zero attached hydrogens (tertiary/aromatic N) is 1. The van der Waals surface area contributed by atoms with Crippen LogP contribution < -0.4 is 5.32 Å². The van der Waals surface area contributed by atoms with E-state index in [1.54, 1.807) is 30.5 Å². The van der Waals surface area contributed by atoms with Crippen LogP contribution in [0.1, 0.15) is 13.8 Å². The maximum atomic E-state index is 11.9. The molecule has 124 valence electrons. The first-order valence-corrected chi connectivity index (χ1v) is 7.46. The van der Waals surface area contributed by atoms with Crippen LogP contribution >= 0.6 is 11.6 Å². The van der Waals surface area contributed by atoms with E-state index in [9.17, 15) is 9.59 Å². The van der Waals surface area contributed by atoms with Gasteiger partial charge in [0.05, 0.1) is 5.69 Å². The maximum Gasteiger partial charge on any atom is 0.350 e. The number of aromatic nitrogens is 2. The molecule has 0 aliphatic carbocycles. The van der Waals surface area contributed by atoms with Crippen LogP contribution in [0, 0.1) is 0 Å². The molecule has 1 aliphatic heterocycles. The van der Waals surface area contributed by atoms with Gasteiger partial charge in [0, 0.05) is 42.5 Å². The molecule has 1 aromatic carbocycles. The number of aromatic amines is 1. The summed E-state index contributed by atoms with van der Waals surface area (Å²) in [5, 5.41) is 10.1. The van der Waals surface area contributed by atoms with Crippen LogP contribution in [0.3, 0.4) is 0 Å². The zero-order valence-corrected chi connectivity index (χ0v) is 13.7.